The third-order valence-electron chi connectivity index (χ3n) is 3.20. The lowest BCUT2D eigenvalue weighted by Gasteiger charge is -2.14. The zero-order chi connectivity index (χ0) is 14.3. The average Bonchev–Trinajstić information content (AvgIpc) is 2.43. The van der Waals surface area contributed by atoms with Gasteiger partial charge in [0.25, 0.3) is 5.56 Å². The maximum Gasteiger partial charge on any atom is 0.280 e. The van der Waals surface area contributed by atoms with Crippen LogP contribution in [0.1, 0.15) is 5.82 Å². The Morgan fingerprint density at radius 1 is 1.20 bits per heavy atom. The molecule has 100 valence electrons. The van der Waals surface area contributed by atoms with E-state index in [1.54, 1.807) is 29.7 Å². The Hall–Kier alpha value is -2.69. The third kappa shape index (κ3) is 1.84. The Morgan fingerprint density at radius 3 is 2.70 bits per heavy atom. The molecule has 2 N–H and O–H groups in total. The van der Waals surface area contributed by atoms with Crippen molar-refractivity contribution in [2.75, 3.05) is 5.73 Å². The van der Waals surface area contributed by atoms with Crippen LogP contribution in [0.2, 0.25) is 0 Å². The predicted octanol–water partition coefficient (Wildman–Crippen LogP) is 2.42. The molecule has 4 nitrogen and oxygen atoms in total. The zero-order valence-electron chi connectivity index (χ0n) is 10.8. The number of rotatable bonds is 1. The van der Waals surface area contributed by atoms with Crippen molar-refractivity contribution in [3.05, 3.63) is 64.5 Å². The highest BCUT2D eigenvalue weighted by molar-refractivity contribution is 5.80. The molecule has 0 aliphatic carbocycles. The molecule has 0 amide bonds. The summed E-state index contributed by atoms with van der Waals surface area (Å²) in [5, 5.41) is 0.515. The van der Waals surface area contributed by atoms with Gasteiger partial charge in [-0.2, -0.15) is 4.98 Å². The van der Waals surface area contributed by atoms with Crippen molar-refractivity contribution in [3.63, 3.8) is 0 Å². The fourth-order valence-corrected chi connectivity index (χ4v) is 2.28. The fourth-order valence-electron chi connectivity index (χ4n) is 2.28. The molecule has 1 aromatic heterocycles. The Balaban J connectivity index is 2.41. The summed E-state index contributed by atoms with van der Waals surface area (Å²) in [5.74, 6) is 0.0596. The third-order valence-corrected chi connectivity index (χ3v) is 3.20. The van der Waals surface area contributed by atoms with Gasteiger partial charge in [-0.1, -0.05) is 12.1 Å². The number of nitrogens with two attached hydrogens (primary N) is 1. The first kappa shape index (κ1) is 12.3. The minimum Gasteiger partial charge on any atom is -0.396 e. The molecular formula is C15H12FN3O. The molecule has 0 saturated carbocycles. The molecule has 3 aromatic rings. The number of halogens is 1. The van der Waals surface area contributed by atoms with Crippen LogP contribution < -0.4 is 11.3 Å². The van der Waals surface area contributed by atoms with Crippen molar-refractivity contribution >= 4 is 16.6 Å². The second kappa shape index (κ2) is 4.45. The van der Waals surface area contributed by atoms with Gasteiger partial charge in [-0.3, -0.25) is 9.36 Å². The van der Waals surface area contributed by atoms with Crippen molar-refractivity contribution in [1.82, 2.24) is 9.55 Å². The van der Waals surface area contributed by atoms with Gasteiger partial charge >= 0.3 is 0 Å². The molecule has 20 heavy (non-hydrogen) atoms. The lowest BCUT2D eigenvalue weighted by molar-refractivity contribution is 0.632. The van der Waals surface area contributed by atoms with E-state index in [1.807, 2.05) is 12.1 Å². The number of hydrogen-bond donors (Lipinski definition) is 1. The molecule has 0 aliphatic rings. The molecule has 0 atom stereocenters. The van der Waals surface area contributed by atoms with Crippen LogP contribution in [0.3, 0.4) is 0 Å². The van der Waals surface area contributed by atoms with Crippen molar-refractivity contribution in [3.8, 4) is 5.69 Å². The second-order valence-electron chi connectivity index (χ2n) is 4.52. The molecule has 0 unspecified atom stereocenters. The first-order valence-electron chi connectivity index (χ1n) is 6.12. The van der Waals surface area contributed by atoms with Crippen LogP contribution in [0.4, 0.5) is 10.1 Å². The Bertz CT molecular complexity index is 871. The van der Waals surface area contributed by atoms with Crippen molar-refractivity contribution in [2.24, 2.45) is 0 Å². The summed E-state index contributed by atoms with van der Waals surface area (Å²) in [7, 11) is 0. The lowest BCUT2D eigenvalue weighted by Crippen LogP contribution is -2.15. The maximum absolute atomic E-state index is 13.3. The van der Waals surface area contributed by atoms with Crippen LogP contribution >= 0.6 is 0 Å². The van der Waals surface area contributed by atoms with Gasteiger partial charge in [-0.25, -0.2) is 4.39 Å². The largest absolute Gasteiger partial charge is 0.396 e. The van der Waals surface area contributed by atoms with Gasteiger partial charge in [0.05, 0.1) is 16.6 Å². The van der Waals surface area contributed by atoms with Gasteiger partial charge in [0, 0.05) is 5.69 Å². The first-order chi connectivity index (χ1) is 9.58. The highest BCUT2D eigenvalue weighted by Gasteiger charge is 2.10. The number of nitrogen functional groups attached to an aromatic ring is 1. The average molecular weight is 269 g/mol. The van der Waals surface area contributed by atoms with Crippen LogP contribution in [-0.2, 0) is 0 Å². The van der Waals surface area contributed by atoms with Crippen molar-refractivity contribution in [1.29, 1.82) is 0 Å². The molecular weight excluding hydrogens is 257 g/mol. The number of hydrogen-bond acceptors (Lipinski definition) is 3. The van der Waals surface area contributed by atoms with Gasteiger partial charge in [-0.15, -0.1) is 0 Å². The van der Waals surface area contributed by atoms with Crippen LogP contribution in [0.15, 0.2) is 47.3 Å². The number of para-hydroxylation sites is 1. The van der Waals surface area contributed by atoms with E-state index in [2.05, 4.69) is 4.98 Å². The van der Waals surface area contributed by atoms with Crippen LogP contribution in [0.5, 0.6) is 0 Å². The highest BCUT2D eigenvalue weighted by atomic mass is 19.1. The van der Waals surface area contributed by atoms with Gasteiger partial charge in [0.2, 0.25) is 0 Å². The smallest absolute Gasteiger partial charge is 0.280 e. The molecule has 1 heterocycles. The summed E-state index contributed by atoms with van der Waals surface area (Å²) in [6.45, 7) is 1.73. The molecule has 0 spiro atoms. The quantitative estimate of drug-likeness (QED) is 0.690. The number of fused-ring (bicyclic) bond motifs is 1. The topological polar surface area (TPSA) is 60.9 Å². The molecule has 5 heteroatoms. The molecule has 0 saturated heterocycles. The second-order valence-corrected chi connectivity index (χ2v) is 4.52. The summed E-state index contributed by atoms with van der Waals surface area (Å²) in [6.07, 6.45) is 0. The van der Waals surface area contributed by atoms with Gasteiger partial charge in [0.1, 0.15) is 11.6 Å². The van der Waals surface area contributed by atoms with Crippen LogP contribution in [0.25, 0.3) is 16.6 Å². The molecule has 0 bridgehead atoms. The van der Waals surface area contributed by atoms with Gasteiger partial charge in [-0.05, 0) is 37.3 Å². The number of benzene rings is 2. The predicted molar refractivity (Wildman–Crippen MR) is 76.4 cm³/mol. The monoisotopic (exact) mass is 269 g/mol. The van der Waals surface area contributed by atoms with E-state index in [0.29, 0.717) is 16.9 Å². The van der Waals surface area contributed by atoms with E-state index in [1.165, 1.54) is 12.1 Å². The number of aromatic nitrogens is 2. The summed E-state index contributed by atoms with van der Waals surface area (Å²) in [5.41, 5.74) is 6.79. The fraction of sp³-hybridized carbons (Fsp3) is 0.0667. The summed E-state index contributed by atoms with van der Waals surface area (Å²) < 4.78 is 15.1. The molecule has 2 aromatic carbocycles. The maximum atomic E-state index is 13.3. The highest BCUT2D eigenvalue weighted by Crippen LogP contribution is 2.21. The Kier molecular flexibility index (Phi) is 2.75. The summed E-state index contributed by atoms with van der Waals surface area (Å²) in [6, 6.07) is 11.6. The standard InChI is InChI=1S/C15H12FN3O/c1-9-18-15(20)11-4-2-3-5-14(11)19(9)10-6-7-12(16)13(17)8-10/h2-8H,17H2,1H3. The minimum atomic E-state index is -0.468. The first-order valence-corrected chi connectivity index (χ1v) is 6.12. The SMILES string of the molecule is Cc1nc(=O)c2ccccc2n1-c1ccc(F)c(N)c1. The molecule has 3 rings (SSSR count). The normalized spacial score (nSPS) is 10.9. The van der Waals surface area contributed by atoms with Gasteiger partial charge in [0.15, 0.2) is 0 Å². The van der Waals surface area contributed by atoms with Crippen LogP contribution in [0, 0.1) is 12.7 Å². The van der Waals surface area contributed by atoms with E-state index >= 15 is 0 Å². The lowest BCUT2D eigenvalue weighted by atomic mass is 10.2. The minimum absolute atomic E-state index is 0.0599. The molecule has 0 fully saturated rings. The Labute approximate surface area is 114 Å². The van der Waals surface area contributed by atoms with Crippen molar-refractivity contribution < 1.29 is 4.39 Å². The Morgan fingerprint density at radius 2 is 1.95 bits per heavy atom. The number of anilines is 1. The van der Waals surface area contributed by atoms with E-state index in [4.69, 9.17) is 5.73 Å². The van der Waals surface area contributed by atoms with E-state index in [9.17, 15) is 9.18 Å². The number of aryl methyl sites for hydroxylation is 1. The van der Waals surface area contributed by atoms with E-state index < -0.39 is 5.82 Å². The summed E-state index contributed by atoms with van der Waals surface area (Å²) in [4.78, 5) is 15.9. The zero-order valence-corrected chi connectivity index (χ0v) is 10.8. The van der Waals surface area contributed by atoms with Crippen LogP contribution in [-0.4, -0.2) is 9.55 Å². The van der Waals surface area contributed by atoms with E-state index in [0.717, 1.165) is 5.52 Å². The molecule has 0 radical (unpaired) electrons. The van der Waals surface area contributed by atoms with Gasteiger partial charge < -0.3 is 5.73 Å². The number of nitrogens with zero attached hydrogens (tertiary/aromatic N) is 2. The van der Waals surface area contributed by atoms with E-state index in [-0.39, 0.29) is 11.2 Å². The molecule has 0 aliphatic heterocycles. The summed E-state index contributed by atoms with van der Waals surface area (Å²) >= 11 is 0. The van der Waals surface area contributed by atoms with Crippen molar-refractivity contribution in [2.45, 2.75) is 6.92 Å².